The van der Waals surface area contributed by atoms with E-state index in [0.717, 1.165) is 22.2 Å². The lowest BCUT2D eigenvalue weighted by molar-refractivity contribution is -0.133. The number of aliphatic hydroxyl groups is 1. The molecule has 22 heavy (non-hydrogen) atoms. The minimum absolute atomic E-state index is 0.00773. The minimum atomic E-state index is -0.894. The van der Waals surface area contributed by atoms with Gasteiger partial charge in [0.15, 0.2) is 0 Å². The van der Waals surface area contributed by atoms with Crippen molar-refractivity contribution in [2.24, 2.45) is 0 Å². The van der Waals surface area contributed by atoms with Crippen LogP contribution < -0.4 is 4.74 Å². The molecule has 5 heteroatoms. The van der Waals surface area contributed by atoms with Crippen LogP contribution in [0.2, 0.25) is 0 Å². The molecule has 0 aliphatic heterocycles. The van der Waals surface area contributed by atoms with Gasteiger partial charge in [0, 0.05) is 30.2 Å². The van der Waals surface area contributed by atoms with Crippen LogP contribution in [0.3, 0.4) is 0 Å². The number of likely N-dealkylation sites (N-methyl/N-ethyl adjacent to an activating group) is 1. The number of hydrogen-bond donors (Lipinski definition) is 2. The van der Waals surface area contributed by atoms with Gasteiger partial charge in [-0.3, -0.25) is 4.79 Å². The van der Waals surface area contributed by atoms with Crippen LogP contribution in [0.4, 0.5) is 0 Å². The smallest absolute Gasteiger partial charge is 0.227 e. The van der Waals surface area contributed by atoms with Crippen molar-refractivity contribution in [2.45, 2.75) is 32.8 Å². The van der Waals surface area contributed by atoms with Crippen LogP contribution in [-0.2, 0) is 11.2 Å². The van der Waals surface area contributed by atoms with Crippen molar-refractivity contribution in [2.75, 3.05) is 20.2 Å². The molecular formula is C17H24N2O3. The van der Waals surface area contributed by atoms with Gasteiger partial charge in [0.05, 0.1) is 19.1 Å². The predicted molar refractivity (Wildman–Crippen MR) is 87.1 cm³/mol. The average Bonchev–Trinajstić information content (AvgIpc) is 2.86. The zero-order valence-corrected chi connectivity index (χ0v) is 13.6. The summed E-state index contributed by atoms with van der Waals surface area (Å²) in [7, 11) is 1.63. The maximum Gasteiger partial charge on any atom is 0.227 e. The predicted octanol–water partition coefficient (Wildman–Crippen LogP) is 2.34. The summed E-state index contributed by atoms with van der Waals surface area (Å²) in [6, 6.07) is 5.76. The molecule has 1 aromatic heterocycles. The molecular weight excluding hydrogens is 280 g/mol. The van der Waals surface area contributed by atoms with Crippen LogP contribution in [0.1, 0.15) is 26.3 Å². The van der Waals surface area contributed by atoms with Crippen molar-refractivity contribution in [3.05, 3.63) is 30.0 Å². The summed E-state index contributed by atoms with van der Waals surface area (Å²) in [6.07, 6.45) is 2.16. The first-order valence-corrected chi connectivity index (χ1v) is 7.48. The van der Waals surface area contributed by atoms with Crippen molar-refractivity contribution in [3.8, 4) is 5.75 Å². The number of carbonyl (C=O) groups is 1. The fourth-order valence-corrected chi connectivity index (χ4v) is 2.55. The number of ether oxygens (including phenoxy) is 1. The molecule has 0 fully saturated rings. The fraction of sp³-hybridized carbons (Fsp3) is 0.471. The number of benzene rings is 1. The Labute approximate surface area is 130 Å². The van der Waals surface area contributed by atoms with Gasteiger partial charge in [-0.1, -0.05) is 0 Å². The molecule has 120 valence electrons. The van der Waals surface area contributed by atoms with E-state index in [1.165, 1.54) is 0 Å². The molecule has 5 nitrogen and oxygen atoms in total. The van der Waals surface area contributed by atoms with Crippen LogP contribution in [0, 0.1) is 0 Å². The highest BCUT2D eigenvalue weighted by Crippen LogP contribution is 2.24. The number of nitrogens with one attached hydrogen (secondary N) is 1. The lowest BCUT2D eigenvalue weighted by atomic mass is 10.1. The topological polar surface area (TPSA) is 65.6 Å². The van der Waals surface area contributed by atoms with Gasteiger partial charge in [-0.05, 0) is 44.5 Å². The molecule has 2 rings (SSSR count). The van der Waals surface area contributed by atoms with Gasteiger partial charge in [0.1, 0.15) is 5.75 Å². The third kappa shape index (κ3) is 3.80. The first-order chi connectivity index (χ1) is 10.3. The third-order valence-corrected chi connectivity index (χ3v) is 3.63. The summed E-state index contributed by atoms with van der Waals surface area (Å²) >= 11 is 0. The zero-order chi connectivity index (χ0) is 16.3. The van der Waals surface area contributed by atoms with Gasteiger partial charge in [-0.2, -0.15) is 0 Å². The number of hydrogen-bond acceptors (Lipinski definition) is 3. The number of carbonyl (C=O) groups excluding carboxylic acids is 1. The number of amides is 1. The van der Waals surface area contributed by atoms with Gasteiger partial charge >= 0.3 is 0 Å². The second-order valence-corrected chi connectivity index (χ2v) is 6.12. The van der Waals surface area contributed by atoms with Gasteiger partial charge in [-0.15, -0.1) is 0 Å². The Kier molecular flexibility index (Phi) is 4.76. The molecule has 2 N–H and O–H groups in total. The Bertz CT molecular complexity index is 655. The molecule has 2 aromatic rings. The summed E-state index contributed by atoms with van der Waals surface area (Å²) in [4.78, 5) is 17.3. The number of nitrogens with zero attached hydrogens (tertiary/aromatic N) is 1. The van der Waals surface area contributed by atoms with Crippen LogP contribution in [0.5, 0.6) is 5.75 Å². The van der Waals surface area contributed by atoms with E-state index in [9.17, 15) is 9.90 Å². The summed E-state index contributed by atoms with van der Waals surface area (Å²) in [5.41, 5.74) is 1.02. The van der Waals surface area contributed by atoms with Gasteiger partial charge in [0.2, 0.25) is 5.91 Å². The van der Waals surface area contributed by atoms with E-state index in [1.54, 1.807) is 25.9 Å². The maximum atomic E-state index is 12.5. The van der Waals surface area contributed by atoms with E-state index in [-0.39, 0.29) is 5.91 Å². The molecule has 0 atom stereocenters. The van der Waals surface area contributed by atoms with Gasteiger partial charge < -0.3 is 19.7 Å². The normalized spacial score (nSPS) is 11.7. The number of rotatable bonds is 6. The summed E-state index contributed by atoms with van der Waals surface area (Å²) in [5, 5.41) is 10.9. The fourth-order valence-electron chi connectivity index (χ4n) is 2.55. The van der Waals surface area contributed by atoms with Crippen LogP contribution >= 0.6 is 0 Å². The third-order valence-electron chi connectivity index (χ3n) is 3.63. The standard InChI is InChI=1S/C17H24N2O3/c1-5-19(11-17(2,3)21)16(20)8-12-10-18-15-7-6-13(22-4)9-14(12)15/h6-7,9-10,18,21H,5,8,11H2,1-4H3. The first kappa shape index (κ1) is 16.4. The first-order valence-electron chi connectivity index (χ1n) is 7.48. The monoisotopic (exact) mass is 304 g/mol. The van der Waals surface area contributed by atoms with Crippen LogP contribution in [0.25, 0.3) is 10.9 Å². The minimum Gasteiger partial charge on any atom is -0.497 e. The molecule has 0 aliphatic rings. The molecule has 0 spiro atoms. The largest absolute Gasteiger partial charge is 0.497 e. The molecule has 0 saturated heterocycles. The number of fused-ring (bicyclic) bond motifs is 1. The Balaban J connectivity index is 2.20. The molecule has 0 unspecified atom stereocenters. The van der Waals surface area contributed by atoms with Crippen molar-refractivity contribution in [3.63, 3.8) is 0 Å². The van der Waals surface area contributed by atoms with E-state index >= 15 is 0 Å². The highest BCUT2D eigenvalue weighted by molar-refractivity contribution is 5.89. The quantitative estimate of drug-likeness (QED) is 0.861. The molecule has 0 bridgehead atoms. The number of aromatic nitrogens is 1. The van der Waals surface area contributed by atoms with E-state index in [0.29, 0.717) is 19.5 Å². The Hall–Kier alpha value is -2.01. The number of aromatic amines is 1. The second kappa shape index (κ2) is 6.40. The molecule has 1 amide bonds. The Morgan fingerprint density at radius 2 is 2.14 bits per heavy atom. The van der Waals surface area contributed by atoms with Crippen molar-refractivity contribution in [1.82, 2.24) is 9.88 Å². The summed E-state index contributed by atoms with van der Waals surface area (Å²) in [5.74, 6) is 0.776. The van der Waals surface area contributed by atoms with Crippen molar-refractivity contribution < 1.29 is 14.6 Å². The molecule has 0 radical (unpaired) electrons. The Morgan fingerprint density at radius 1 is 1.41 bits per heavy atom. The Morgan fingerprint density at radius 3 is 2.73 bits per heavy atom. The zero-order valence-electron chi connectivity index (χ0n) is 13.6. The van der Waals surface area contributed by atoms with E-state index in [1.807, 2.05) is 31.3 Å². The number of methoxy groups -OCH3 is 1. The molecule has 1 heterocycles. The van der Waals surface area contributed by atoms with Crippen molar-refractivity contribution >= 4 is 16.8 Å². The highest BCUT2D eigenvalue weighted by atomic mass is 16.5. The van der Waals surface area contributed by atoms with Crippen LogP contribution in [-0.4, -0.2) is 46.7 Å². The highest BCUT2D eigenvalue weighted by Gasteiger charge is 2.22. The maximum absolute atomic E-state index is 12.5. The molecule has 0 saturated carbocycles. The lowest BCUT2D eigenvalue weighted by Crippen LogP contribution is -2.42. The second-order valence-electron chi connectivity index (χ2n) is 6.12. The molecule has 1 aromatic carbocycles. The number of H-pyrrole nitrogens is 1. The average molecular weight is 304 g/mol. The van der Waals surface area contributed by atoms with Gasteiger partial charge in [-0.25, -0.2) is 0 Å². The van der Waals surface area contributed by atoms with Crippen molar-refractivity contribution in [1.29, 1.82) is 0 Å². The lowest BCUT2D eigenvalue weighted by Gasteiger charge is -2.28. The van der Waals surface area contributed by atoms with E-state index in [4.69, 9.17) is 4.74 Å². The van der Waals surface area contributed by atoms with Gasteiger partial charge in [0.25, 0.3) is 0 Å². The summed E-state index contributed by atoms with van der Waals surface area (Å²) in [6.45, 7) is 6.24. The van der Waals surface area contributed by atoms with E-state index in [2.05, 4.69) is 4.98 Å². The summed E-state index contributed by atoms with van der Waals surface area (Å²) < 4.78 is 5.24. The van der Waals surface area contributed by atoms with E-state index < -0.39 is 5.60 Å². The SMILES string of the molecule is CCN(CC(C)(C)O)C(=O)Cc1c[nH]c2ccc(OC)cc12. The van der Waals surface area contributed by atoms with Crippen LogP contribution in [0.15, 0.2) is 24.4 Å². The molecule has 0 aliphatic carbocycles.